The van der Waals surface area contributed by atoms with Crippen LogP contribution in [0.3, 0.4) is 0 Å². The minimum absolute atomic E-state index is 0.0151. The van der Waals surface area contributed by atoms with Crippen molar-refractivity contribution in [2.45, 2.75) is 83.4 Å². The van der Waals surface area contributed by atoms with Gasteiger partial charge in [-0.1, -0.05) is 55.7 Å². The standard InChI is InChI=1S/C25H39Cl2N6O8PS2/c1-8-37-19-16-18(30-23(28)31-19)33(12-29-16)21-25(26,27)17(34)15(41-21)11-39-42(43,32-14(4)20(35)40-13(2)3)38-9-10-44-22(36)24(5,6)7/h12-15,17,21,34H,8-11H2,1-7H3,(H,32,43)(H2,28,30,31)/t14-,15+,17+,21+,42+/m0/s1. The molecule has 2 aromatic rings. The number of imidazole rings is 1. The SMILES string of the molecule is CCOc1nc(N)nc2c1ncn2[C@@H]1O[C@H](CO[P@@](=S)(N[C@@H](C)C(=O)OC(C)C)OCCSC(=O)C(C)(C)C)[C@@H](O)C1(Cl)Cl. The van der Waals surface area contributed by atoms with Gasteiger partial charge in [0, 0.05) is 11.2 Å². The number of nitrogens with one attached hydrogen (secondary N) is 1. The Balaban J connectivity index is 1.78. The van der Waals surface area contributed by atoms with Gasteiger partial charge in [0.05, 0.1) is 32.3 Å². The number of aliphatic hydroxyl groups is 1. The Kier molecular flexibility index (Phi) is 12.7. The average molecular weight is 718 g/mol. The number of nitrogens with zero attached hydrogens (tertiary/aromatic N) is 4. The predicted molar refractivity (Wildman–Crippen MR) is 172 cm³/mol. The number of carbonyl (C=O) groups is 2. The molecule has 0 spiro atoms. The van der Waals surface area contributed by atoms with E-state index in [1.54, 1.807) is 27.7 Å². The minimum atomic E-state index is -3.43. The van der Waals surface area contributed by atoms with Crippen LogP contribution in [-0.4, -0.2) is 90.0 Å². The Labute approximate surface area is 275 Å². The fourth-order valence-electron chi connectivity index (χ4n) is 3.84. The number of nitrogen functional groups attached to an aromatic ring is 1. The maximum Gasteiger partial charge on any atom is 0.323 e. The van der Waals surface area contributed by atoms with Gasteiger partial charge in [-0.25, -0.2) is 10.1 Å². The number of hydrogen-bond donors (Lipinski definition) is 3. The zero-order valence-corrected chi connectivity index (χ0v) is 29.5. The molecular formula is C25H39Cl2N6O8PS2. The first kappa shape index (κ1) is 37.1. The van der Waals surface area contributed by atoms with Gasteiger partial charge in [-0.3, -0.25) is 14.2 Å². The van der Waals surface area contributed by atoms with E-state index in [1.165, 1.54) is 10.9 Å². The van der Waals surface area contributed by atoms with Crippen molar-refractivity contribution in [3.05, 3.63) is 6.33 Å². The molecule has 1 fully saturated rings. The van der Waals surface area contributed by atoms with Gasteiger partial charge in [-0.15, -0.1) is 0 Å². The first-order valence-electron chi connectivity index (χ1n) is 13.8. The number of thioether (sulfide) groups is 1. The summed E-state index contributed by atoms with van der Waals surface area (Å²) in [6.45, 7) is 8.85. The Morgan fingerprint density at radius 3 is 2.59 bits per heavy atom. The van der Waals surface area contributed by atoms with Gasteiger partial charge in [0.1, 0.15) is 18.2 Å². The first-order valence-corrected chi connectivity index (χ1v) is 18.2. The molecule has 0 aromatic carbocycles. The summed E-state index contributed by atoms with van der Waals surface area (Å²) in [5, 5.41) is 14.0. The Morgan fingerprint density at radius 1 is 1.30 bits per heavy atom. The fraction of sp³-hybridized carbons (Fsp3) is 0.720. The third-order valence-corrected chi connectivity index (χ3v) is 10.7. The third-order valence-electron chi connectivity index (χ3n) is 5.98. The van der Waals surface area contributed by atoms with E-state index in [2.05, 4.69) is 20.0 Å². The van der Waals surface area contributed by atoms with Gasteiger partial charge < -0.3 is 34.1 Å². The maximum absolute atomic E-state index is 12.5. The highest BCUT2D eigenvalue weighted by Crippen LogP contribution is 2.50. The molecule has 0 radical (unpaired) electrons. The maximum atomic E-state index is 12.5. The number of carbonyl (C=O) groups excluding carboxylic acids is 2. The summed E-state index contributed by atoms with van der Waals surface area (Å²) in [5.41, 5.74) is 5.86. The lowest BCUT2D eigenvalue weighted by molar-refractivity contribution is -0.149. The summed E-state index contributed by atoms with van der Waals surface area (Å²) >= 11 is 20.1. The Hall–Kier alpha value is -1.33. The summed E-state index contributed by atoms with van der Waals surface area (Å²) < 4.78 is 28.3. The number of anilines is 1. The Morgan fingerprint density at radius 2 is 1.98 bits per heavy atom. The van der Waals surface area contributed by atoms with Crippen molar-refractivity contribution in [2.75, 3.05) is 31.3 Å². The predicted octanol–water partition coefficient (Wildman–Crippen LogP) is 3.73. The molecule has 1 aliphatic rings. The fourth-order valence-corrected chi connectivity index (χ4v) is 7.70. The van der Waals surface area contributed by atoms with Crippen LogP contribution in [0.2, 0.25) is 0 Å². The van der Waals surface area contributed by atoms with Crippen molar-refractivity contribution in [3.8, 4) is 5.88 Å². The molecule has 19 heteroatoms. The second-order valence-corrected chi connectivity index (χ2v) is 16.9. The van der Waals surface area contributed by atoms with E-state index in [0.29, 0.717) is 17.9 Å². The molecule has 3 heterocycles. The van der Waals surface area contributed by atoms with E-state index >= 15 is 0 Å². The van der Waals surface area contributed by atoms with Crippen molar-refractivity contribution in [1.29, 1.82) is 0 Å². The van der Waals surface area contributed by atoms with Crippen molar-refractivity contribution in [3.63, 3.8) is 0 Å². The number of nitrogens with two attached hydrogens (primary N) is 1. The number of aromatic nitrogens is 4. The van der Waals surface area contributed by atoms with E-state index in [4.69, 9.17) is 64.0 Å². The number of esters is 1. The molecular weight excluding hydrogens is 678 g/mol. The van der Waals surface area contributed by atoms with Crippen LogP contribution < -0.4 is 15.6 Å². The first-order chi connectivity index (χ1) is 20.4. The normalized spacial score (nSPS) is 22.2. The van der Waals surface area contributed by atoms with Crippen LogP contribution in [0.5, 0.6) is 5.88 Å². The second-order valence-electron chi connectivity index (χ2n) is 11.1. The van der Waals surface area contributed by atoms with Crippen molar-refractivity contribution in [2.24, 2.45) is 5.41 Å². The van der Waals surface area contributed by atoms with Crippen molar-refractivity contribution >= 4 is 81.6 Å². The molecule has 1 aliphatic heterocycles. The third kappa shape index (κ3) is 9.14. The van der Waals surface area contributed by atoms with Gasteiger partial charge in [-0.2, -0.15) is 9.97 Å². The van der Waals surface area contributed by atoms with E-state index in [0.717, 1.165) is 11.8 Å². The number of ether oxygens (including phenoxy) is 3. The summed E-state index contributed by atoms with van der Waals surface area (Å²) in [4.78, 5) is 37.4. The van der Waals surface area contributed by atoms with Gasteiger partial charge in [0.2, 0.25) is 11.8 Å². The summed E-state index contributed by atoms with van der Waals surface area (Å²) in [5.74, 6) is -0.175. The Bertz CT molecular complexity index is 1380. The molecule has 3 rings (SSSR count). The molecule has 0 amide bonds. The minimum Gasteiger partial charge on any atom is -0.476 e. The highest BCUT2D eigenvalue weighted by Gasteiger charge is 2.56. The smallest absolute Gasteiger partial charge is 0.323 e. The van der Waals surface area contributed by atoms with Crippen LogP contribution in [0.25, 0.3) is 11.2 Å². The van der Waals surface area contributed by atoms with Crippen molar-refractivity contribution < 1.29 is 38.0 Å². The number of hydrogen-bond acceptors (Lipinski definition) is 14. The van der Waals surface area contributed by atoms with E-state index in [9.17, 15) is 14.7 Å². The van der Waals surface area contributed by atoms with Gasteiger partial charge in [0.25, 0.3) is 6.64 Å². The van der Waals surface area contributed by atoms with E-state index in [-0.39, 0.29) is 41.9 Å². The van der Waals surface area contributed by atoms with Crippen LogP contribution in [-0.2, 0) is 39.9 Å². The quantitative estimate of drug-likeness (QED) is 0.111. The summed E-state index contributed by atoms with van der Waals surface area (Å²) in [7, 11) is 0. The molecule has 0 saturated carbocycles. The molecule has 44 heavy (non-hydrogen) atoms. The summed E-state index contributed by atoms with van der Waals surface area (Å²) in [6.07, 6.45) is -2.73. The zero-order chi connectivity index (χ0) is 33.0. The number of fused-ring (bicyclic) bond motifs is 1. The van der Waals surface area contributed by atoms with Gasteiger partial charge in [-0.05, 0) is 39.5 Å². The lowest BCUT2D eigenvalue weighted by Crippen LogP contribution is -2.39. The van der Waals surface area contributed by atoms with Gasteiger partial charge in [0.15, 0.2) is 26.8 Å². The zero-order valence-electron chi connectivity index (χ0n) is 25.5. The second kappa shape index (κ2) is 15.1. The largest absolute Gasteiger partial charge is 0.476 e. The molecule has 5 atom stereocenters. The van der Waals surface area contributed by atoms with Crippen LogP contribution in [0, 0.1) is 5.41 Å². The molecule has 1 saturated heterocycles. The van der Waals surface area contributed by atoms with E-state index in [1.807, 2.05) is 20.8 Å². The van der Waals surface area contributed by atoms with Crippen LogP contribution in [0.15, 0.2) is 6.33 Å². The molecule has 0 aliphatic carbocycles. The van der Waals surface area contributed by atoms with Crippen LogP contribution in [0.4, 0.5) is 5.95 Å². The molecule has 0 bridgehead atoms. The lowest BCUT2D eigenvalue weighted by Gasteiger charge is -2.28. The van der Waals surface area contributed by atoms with Crippen molar-refractivity contribution in [1.82, 2.24) is 24.6 Å². The lowest BCUT2D eigenvalue weighted by atomic mass is 10.00. The molecule has 0 unspecified atom stereocenters. The van der Waals surface area contributed by atoms with Crippen LogP contribution in [0.1, 0.15) is 54.7 Å². The highest BCUT2D eigenvalue weighted by atomic mass is 35.5. The van der Waals surface area contributed by atoms with Crippen LogP contribution >= 0.6 is 41.6 Å². The van der Waals surface area contributed by atoms with E-state index < -0.39 is 46.8 Å². The molecule has 2 aromatic heterocycles. The monoisotopic (exact) mass is 716 g/mol. The molecule has 14 nitrogen and oxygen atoms in total. The van der Waals surface area contributed by atoms with Gasteiger partial charge >= 0.3 is 5.97 Å². The average Bonchev–Trinajstić information content (AvgIpc) is 3.42. The number of halogens is 2. The molecule has 248 valence electrons. The summed E-state index contributed by atoms with van der Waals surface area (Å²) in [6, 6.07) is -0.892. The molecule has 4 N–H and O–H groups in total. The number of rotatable bonds is 14. The highest BCUT2D eigenvalue weighted by molar-refractivity contribution is 8.13. The number of aliphatic hydroxyl groups excluding tert-OH is 1. The number of alkyl halides is 2. The topological polar surface area (TPSA) is 182 Å².